The van der Waals surface area contributed by atoms with Gasteiger partial charge in [0, 0.05) is 29.6 Å². The number of rotatable bonds is 7. The largest absolute Gasteiger partial charge is 0.349 e. The monoisotopic (exact) mass is 469 g/mol. The Balaban J connectivity index is 1.61. The van der Waals surface area contributed by atoms with Crippen molar-refractivity contribution in [2.45, 2.75) is 50.6 Å². The molecule has 1 aliphatic heterocycles. The molecule has 3 heterocycles. The van der Waals surface area contributed by atoms with Crippen molar-refractivity contribution >= 4 is 39.2 Å². The number of benzene rings is 1. The molecule has 1 amide bonds. The Bertz CT molecular complexity index is 1190. The SMILES string of the molecule is C=CCn1c(SCC(=O)NC2C(C)NNC2C)nc2scc(-c3ccc(C)cc3)c2c1=O. The molecule has 32 heavy (non-hydrogen) atoms. The van der Waals surface area contributed by atoms with Crippen LogP contribution in [0.3, 0.4) is 0 Å². The number of hydrogen-bond donors (Lipinski definition) is 3. The summed E-state index contributed by atoms with van der Waals surface area (Å²) in [5.41, 5.74) is 9.20. The molecule has 0 radical (unpaired) electrons. The zero-order chi connectivity index (χ0) is 22.8. The number of thioether (sulfide) groups is 1. The minimum atomic E-state index is -0.110. The van der Waals surface area contributed by atoms with Gasteiger partial charge in [-0.25, -0.2) is 4.98 Å². The molecule has 2 aromatic heterocycles. The number of carbonyl (C=O) groups is 1. The fourth-order valence-corrected chi connectivity index (χ4v) is 5.64. The van der Waals surface area contributed by atoms with E-state index in [1.807, 2.05) is 50.4 Å². The molecule has 2 atom stereocenters. The van der Waals surface area contributed by atoms with Crippen molar-refractivity contribution in [2.24, 2.45) is 0 Å². The molecule has 168 valence electrons. The average Bonchev–Trinajstić information content (AvgIpc) is 3.34. The Morgan fingerprint density at radius 1 is 1.28 bits per heavy atom. The van der Waals surface area contributed by atoms with Crippen LogP contribution >= 0.6 is 23.1 Å². The van der Waals surface area contributed by atoms with Gasteiger partial charge in [-0.3, -0.25) is 25.0 Å². The van der Waals surface area contributed by atoms with Gasteiger partial charge in [0.2, 0.25) is 5.91 Å². The van der Waals surface area contributed by atoms with Crippen LogP contribution in [0.4, 0.5) is 0 Å². The normalized spacial score (nSPS) is 20.5. The van der Waals surface area contributed by atoms with Gasteiger partial charge in [-0.05, 0) is 26.3 Å². The van der Waals surface area contributed by atoms with Crippen LogP contribution in [0, 0.1) is 6.92 Å². The number of fused-ring (bicyclic) bond motifs is 1. The zero-order valence-corrected chi connectivity index (χ0v) is 20.0. The van der Waals surface area contributed by atoms with Crippen LogP contribution in [0.2, 0.25) is 0 Å². The van der Waals surface area contributed by atoms with E-state index < -0.39 is 0 Å². The third kappa shape index (κ3) is 4.52. The number of hydrogen-bond acceptors (Lipinski definition) is 7. The first-order chi connectivity index (χ1) is 15.4. The molecular formula is C23H27N5O2S2. The highest BCUT2D eigenvalue weighted by Gasteiger charge is 2.31. The van der Waals surface area contributed by atoms with Crippen molar-refractivity contribution in [3.63, 3.8) is 0 Å². The van der Waals surface area contributed by atoms with Gasteiger partial charge in [-0.1, -0.05) is 47.7 Å². The van der Waals surface area contributed by atoms with Crippen LogP contribution in [0.15, 0.2) is 52.3 Å². The van der Waals surface area contributed by atoms with E-state index in [0.717, 1.165) is 11.1 Å². The van der Waals surface area contributed by atoms with E-state index >= 15 is 0 Å². The maximum Gasteiger partial charge on any atom is 0.263 e. The second kappa shape index (κ2) is 9.58. The second-order valence-electron chi connectivity index (χ2n) is 8.04. The van der Waals surface area contributed by atoms with Crippen LogP contribution in [0.5, 0.6) is 0 Å². The highest BCUT2D eigenvalue weighted by molar-refractivity contribution is 7.99. The fraction of sp³-hybridized carbons (Fsp3) is 0.348. The molecule has 0 bridgehead atoms. The molecule has 2 unspecified atom stereocenters. The second-order valence-corrected chi connectivity index (χ2v) is 9.84. The first-order valence-corrected chi connectivity index (χ1v) is 12.4. The number of nitrogens with one attached hydrogen (secondary N) is 3. The lowest BCUT2D eigenvalue weighted by atomic mass is 10.1. The molecular weight excluding hydrogens is 442 g/mol. The smallest absolute Gasteiger partial charge is 0.263 e. The summed E-state index contributed by atoms with van der Waals surface area (Å²) in [7, 11) is 0. The quantitative estimate of drug-likeness (QED) is 0.280. The lowest BCUT2D eigenvalue weighted by molar-refractivity contribution is -0.119. The van der Waals surface area contributed by atoms with Crippen LogP contribution in [0.1, 0.15) is 19.4 Å². The molecule has 9 heteroatoms. The topological polar surface area (TPSA) is 88.1 Å². The van der Waals surface area contributed by atoms with Crippen LogP contribution in [0.25, 0.3) is 21.3 Å². The zero-order valence-electron chi connectivity index (χ0n) is 18.3. The van der Waals surface area contributed by atoms with E-state index in [9.17, 15) is 9.59 Å². The summed E-state index contributed by atoms with van der Waals surface area (Å²) < 4.78 is 1.60. The van der Waals surface area contributed by atoms with Crippen molar-refractivity contribution in [1.29, 1.82) is 0 Å². The molecule has 7 nitrogen and oxygen atoms in total. The molecule has 1 aromatic carbocycles. The number of amides is 1. The van der Waals surface area contributed by atoms with Gasteiger partial charge in [0.25, 0.3) is 5.56 Å². The minimum Gasteiger partial charge on any atom is -0.349 e. The highest BCUT2D eigenvalue weighted by atomic mass is 32.2. The molecule has 1 fully saturated rings. The van der Waals surface area contributed by atoms with Gasteiger partial charge in [0.1, 0.15) is 4.83 Å². The molecule has 1 saturated heterocycles. The van der Waals surface area contributed by atoms with Crippen molar-refractivity contribution in [2.75, 3.05) is 5.75 Å². The molecule has 0 aliphatic carbocycles. The predicted molar refractivity (Wildman–Crippen MR) is 132 cm³/mol. The van der Waals surface area contributed by atoms with Crippen molar-refractivity contribution in [1.82, 2.24) is 25.7 Å². The van der Waals surface area contributed by atoms with Gasteiger partial charge in [0.15, 0.2) is 5.16 Å². The van der Waals surface area contributed by atoms with Crippen LogP contribution < -0.4 is 21.7 Å². The third-order valence-corrected chi connectivity index (χ3v) is 7.46. The minimum absolute atomic E-state index is 0.00303. The number of thiophene rings is 1. The van der Waals surface area contributed by atoms with E-state index in [-0.39, 0.29) is 35.3 Å². The summed E-state index contributed by atoms with van der Waals surface area (Å²) in [5.74, 6) is 0.0940. The van der Waals surface area contributed by atoms with Crippen LogP contribution in [-0.2, 0) is 11.3 Å². The summed E-state index contributed by atoms with van der Waals surface area (Å²) in [4.78, 5) is 31.4. The van der Waals surface area contributed by atoms with Gasteiger partial charge < -0.3 is 5.32 Å². The van der Waals surface area contributed by atoms with Crippen molar-refractivity contribution in [3.05, 3.63) is 58.2 Å². The lowest BCUT2D eigenvalue weighted by Crippen LogP contribution is -2.47. The van der Waals surface area contributed by atoms with Gasteiger partial charge in [0.05, 0.1) is 17.2 Å². The Hall–Kier alpha value is -2.46. The predicted octanol–water partition coefficient (Wildman–Crippen LogP) is 3.08. The summed E-state index contributed by atoms with van der Waals surface area (Å²) in [5, 5.41) is 6.18. The van der Waals surface area contributed by atoms with Crippen molar-refractivity contribution in [3.8, 4) is 11.1 Å². The Morgan fingerprint density at radius 2 is 1.97 bits per heavy atom. The molecule has 1 aliphatic rings. The first-order valence-electron chi connectivity index (χ1n) is 10.5. The van der Waals surface area contributed by atoms with E-state index in [1.165, 1.54) is 28.7 Å². The fourth-order valence-electron chi connectivity index (χ4n) is 3.83. The first kappa shape index (κ1) is 22.7. The number of allylic oxidation sites excluding steroid dienone is 1. The summed E-state index contributed by atoms with van der Waals surface area (Å²) in [6.45, 7) is 10.2. The maximum absolute atomic E-state index is 13.4. The molecule has 3 aromatic rings. The Morgan fingerprint density at radius 3 is 2.62 bits per heavy atom. The Labute approximate surface area is 195 Å². The number of aromatic nitrogens is 2. The van der Waals surface area contributed by atoms with Crippen molar-refractivity contribution < 1.29 is 4.79 Å². The summed E-state index contributed by atoms with van der Waals surface area (Å²) in [6, 6.07) is 8.40. The van der Waals surface area contributed by atoms with E-state index in [4.69, 9.17) is 4.98 Å². The van der Waals surface area contributed by atoms with E-state index in [0.29, 0.717) is 21.9 Å². The Kier molecular flexibility index (Phi) is 6.80. The molecule has 3 N–H and O–H groups in total. The number of aryl methyl sites for hydroxylation is 1. The molecule has 0 saturated carbocycles. The van der Waals surface area contributed by atoms with Gasteiger partial charge >= 0.3 is 0 Å². The maximum atomic E-state index is 13.4. The van der Waals surface area contributed by atoms with Gasteiger partial charge in [-0.2, -0.15) is 0 Å². The van der Waals surface area contributed by atoms with Crippen LogP contribution in [-0.4, -0.2) is 39.3 Å². The number of nitrogens with zero attached hydrogens (tertiary/aromatic N) is 2. The summed E-state index contributed by atoms with van der Waals surface area (Å²) in [6.07, 6.45) is 1.68. The van der Waals surface area contributed by atoms with Gasteiger partial charge in [-0.15, -0.1) is 17.9 Å². The standard InChI is InChI=1S/C23H27N5O2S2/c1-5-10-28-22(30)19-17(16-8-6-13(2)7-9-16)11-31-21(19)25-23(28)32-12-18(29)24-20-14(3)26-27-15(20)4/h5-9,11,14-15,20,26-27H,1,10,12H2,2-4H3,(H,24,29). The summed E-state index contributed by atoms with van der Waals surface area (Å²) >= 11 is 2.72. The third-order valence-electron chi connectivity index (χ3n) is 5.61. The average molecular weight is 470 g/mol. The number of hydrazine groups is 1. The number of carbonyl (C=O) groups excluding carboxylic acids is 1. The lowest BCUT2D eigenvalue weighted by Gasteiger charge is -2.19. The van der Waals surface area contributed by atoms with E-state index in [1.54, 1.807) is 10.6 Å². The highest BCUT2D eigenvalue weighted by Crippen LogP contribution is 2.32. The molecule has 0 spiro atoms. The van der Waals surface area contributed by atoms with E-state index in [2.05, 4.69) is 22.7 Å². The molecule has 4 rings (SSSR count).